The molecule has 2 aromatic rings. The lowest BCUT2D eigenvalue weighted by molar-refractivity contribution is -0.137. The number of hydrogen-bond acceptors (Lipinski definition) is 5. The average Bonchev–Trinajstić information content (AvgIpc) is 3.04. The number of fused-ring (bicyclic) bond motifs is 1. The number of piperazine rings is 1. The molecule has 0 radical (unpaired) electrons. The Morgan fingerprint density at radius 3 is 2.38 bits per heavy atom. The molecule has 11 heteroatoms. The Morgan fingerprint density at radius 1 is 1.06 bits per heavy atom. The third-order valence-electron chi connectivity index (χ3n) is 11.4. The van der Waals surface area contributed by atoms with Gasteiger partial charge in [0.2, 0.25) is 17.6 Å². The Hall–Kier alpha value is -3.50. The highest BCUT2D eigenvalue weighted by Gasteiger charge is 2.55. The number of nitrogens with zero attached hydrogens (tertiary/aromatic N) is 4. The predicted molar refractivity (Wildman–Crippen MR) is 184 cm³/mol. The van der Waals surface area contributed by atoms with Crippen molar-refractivity contribution >= 4 is 23.4 Å². The highest BCUT2D eigenvalue weighted by atomic mass is 35.5. The van der Waals surface area contributed by atoms with Gasteiger partial charge < -0.3 is 14.9 Å². The molecule has 1 aliphatic heterocycles. The molecule has 48 heavy (non-hydrogen) atoms. The Labute approximate surface area is 286 Å². The van der Waals surface area contributed by atoms with E-state index in [1.165, 1.54) is 5.57 Å². The first-order valence-electron chi connectivity index (χ1n) is 17.0. The summed E-state index contributed by atoms with van der Waals surface area (Å²) in [4.78, 5) is 55.1. The van der Waals surface area contributed by atoms with Crippen LogP contribution in [-0.2, 0) is 22.7 Å². The van der Waals surface area contributed by atoms with E-state index < -0.39 is 29.5 Å². The summed E-state index contributed by atoms with van der Waals surface area (Å²) in [6, 6.07) is 6.49. The minimum atomic E-state index is -1.13. The van der Waals surface area contributed by atoms with E-state index in [0.717, 1.165) is 59.4 Å². The van der Waals surface area contributed by atoms with Gasteiger partial charge in [-0.2, -0.15) is 4.39 Å². The number of amides is 2. The fourth-order valence-electron chi connectivity index (χ4n) is 8.51. The van der Waals surface area contributed by atoms with Crippen LogP contribution in [0.3, 0.4) is 0 Å². The summed E-state index contributed by atoms with van der Waals surface area (Å²) in [6.07, 6.45) is 7.70. The lowest BCUT2D eigenvalue weighted by Gasteiger charge is -2.59. The molecule has 1 N–H and O–H groups in total. The van der Waals surface area contributed by atoms with Crippen molar-refractivity contribution in [3.63, 3.8) is 0 Å². The molecule has 2 heterocycles. The highest BCUT2D eigenvalue weighted by Crippen LogP contribution is 2.61. The Morgan fingerprint density at radius 2 is 1.71 bits per heavy atom. The summed E-state index contributed by atoms with van der Waals surface area (Å²) in [6.45, 7) is 13.9. The van der Waals surface area contributed by atoms with E-state index in [1.54, 1.807) is 40.1 Å². The molecule has 9 nitrogen and oxygen atoms in total. The second-order valence-corrected chi connectivity index (χ2v) is 15.3. The first-order valence-corrected chi connectivity index (χ1v) is 17.3. The molecule has 2 amide bonds. The summed E-state index contributed by atoms with van der Waals surface area (Å²) in [5, 5.41) is 11.2. The van der Waals surface area contributed by atoms with Gasteiger partial charge in [-0.05, 0) is 85.8 Å². The molecule has 260 valence electrons. The maximum atomic E-state index is 14.5. The van der Waals surface area contributed by atoms with Gasteiger partial charge in [0.25, 0.3) is 5.56 Å². The maximum absolute atomic E-state index is 14.5. The second kappa shape index (κ2) is 14.2. The molecule has 5 rings (SSSR count). The third-order valence-corrected chi connectivity index (χ3v) is 11.7. The normalized spacial score (nSPS) is 25.9. The molecule has 1 aromatic carbocycles. The molecule has 1 aromatic heterocycles. The lowest BCUT2D eigenvalue weighted by Crippen LogP contribution is -2.54. The summed E-state index contributed by atoms with van der Waals surface area (Å²) in [5.74, 6) is -0.857. The van der Waals surface area contributed by atoms with E-state index in [2.05, 4.69) is 27.4 Å². The number of hydrogen-bond donors (Lipinski definition) is 1. The van der Waals surface area contributed by atoms with Gasteiger partial charge in [-0.3, -0.25) is 23.5 Å². The van der Waals surface area contributed by atoms with Gasteiger partial charge in [0.05, 0.1) is 18.8 Å². The topological polar surface area (TPSA) is 105 Å². The lowest BCUT2D eigenvalue weighted by atomic mass is 9.46. The molecule has 0 bridgehead atoms. The zero-order chi connectivity index (χ0) is 35.0. The number of benzene rings is 1. The predicted octanol–water partition coefficient (Wildman–Crippen LogP) is 5.02. The highest BCUT2D eigenvalue weighted by molar-refractivity contribution is 6.30. The Kier molecular flexibility index (Phi) is 10.6. The number of carbonyl (C=O) groups excluding carboxylic acids is 2. The molecular formula is C37H48ClFN4O5. The number of aliphatic hydroxyl groups excluding tert-OH is 1. The number of carbonyl (C=O) groups is 2. The SMILES string of the molecule is C=C1CC[C@@H]2C(C)(C)[C@H](O)CC[C@@]2(C)[C@@H]1CC/C(C)=C/C(=O)N1CCN(C(=O)Cn2cc(F)c(=O)n(Cc3ccc(Cl)cc3)c2=O)CC1. The Bertz CT molecular complexity index is 1710. The summed E-state index contributed by atoms with van der Waals surface area (Å²) >= 11 is 5.91. The van der Waals surface area contributed by atoms with Crippen LogP contribution < -0.4 is 11.2 Å². The van der Waals surface area contributed by atoms with Crippen LogP contribution in [0.1, 0.15) is 71.8 Å². The second-order valence-electron chi connectivity index (χ2n) is 14.8. The number of allylic oxidation sites excluding steroid dienone is 2. The van der Waals surface area contributed by atoms with Crippen molar-refractivity contribution < 1.29 is 19.1 Å². The van der Waals surface area contributed by atoms with Crippen molar-refractivity contribution in [3.05, 3.63) is 91.5 Å². The number of aromatic nitrogens is 2. The van der Waals surface area contributed by atoms with Gasteiger partial charge in [-0.1, -0.05) is 62.2 Å². The van der Waals surface area contributed by atoms with Crippen molar-refractivity contribution in [2.24, 2.45) is 22.7 Å². The van der Waals surface area contributed by atoms with E-state index >= 15 is 0 Å². The van der Waals surface area contributed by atoms with Gasteiger partial charge in [-0.15, -0.1) is 0 Å². The smallest absolute Gasteiger partial charge is 0.331 e. The maximum Gasteiger partial charge on any atom is 0.331 e. The standard InChI is InChI=1S/C37H48ClFN4O5/c1-24(6-12-28-25(2)7-13-30-36(3,4)31(44)14-15-37(28,30)5)20-32(45)40-16-18-41(19-17-40)33(46)23-42-22-29(39)34(47)43(35(42)48)21-26-8-10-27(38)11-9-26/h8-11,20,22,28,30-31,44H,2,6-7,12-19,21,23H2,1,3-5H3/b24-20+/t28-,30-,31-,37+/m1/s1. The molecular weight excluding hydrogens is 635 g/mol. The summed E-state index contributed by atoms with van der Waals surface area (Å²) < 4.78 is 16.2. The van der Waals surface area contributed by atoms with E-state index in [9.17, 15) is 28.7 Å². The largest absolute Gasteiger partial charge is 0.393 e. The van der Waals surface area contributed by atoms with E-state index in [4.69, 9.17) is 11.6 Å². The van der Waals surface area contributed by atoms with Gasteiger partial charge in [0, 0.05) is 37.3 Å². The van der Waals surface area contributed by atoms with Crippen LogP contribution in [0.2, 0.25) is 5.02 Å². The van der Waals surface area contributed by atoms with E-state index in [0.29, 0.717) is 35.5 Å². The molecule has 1 saturated heterocycles. The van der Waals surface area contributed by atoms with Gasteiger partial charge >= 0.3 is 5.69 Å². The first-order chi connectivity index (χ1) is 22.6. The molecule has 2 aliphatic carbocycles. The van der Waals surface area contributed by atoms with Crippen LogP contribution in [0.15, 0.2) is 63.9 Å². The fraction of sp³-hybridized carbons (Fsp3) is 0.568. The van der Waals surface area contributed by atoms with Crippen LogP contribution >= 0.6 is 11.6 Å². The van der Waals surface area contributed by atoms with Crippen molar-refractivity contribution in [1.82, 2.24) is 18.9 Å². The number of aliphatic hydroxyl groups is 1. The van der Waals surface area contributed by atoms with Crippen molar-refractivity contribution in [3.8, 4) is 0 Å². The minimum Gasteiger partial charge on any atom is -0.393 e. The fourth-order valence-corrected chi connectivity index (χ4v) is 8.64. The van der Waals surface area contributed by atoms with Gasteiger partial charge in [-0.25, -0.2) is 4.79 Å². The van der Waals surface area contributed by atoms with Crippen LogP contribution in [0.25, 0.3) is 0 Å². The summed E-state index contributed by atoms with van der Waals surface area (Å²) in [7, 11) is 0. The molecule has 3 fully saturated rings. The third kappa shape index (κ3) is 7.25. The van der Waals surface area contributed by atoms with Crippen LogP contribution in [-0.4, -0.2) is 68.1 Å². The van der Waals surface area contributed by atoms with Gasteiger partial charge in [0.15, 0.2) is 0 Å². The van der Waals surface area contributed by atoms with Crippen LogP contribution in [0.4, 0.5) is 4.39 Å². The van der Waals surface area contributed by atoms with Crippen molar-refractivity contribution in [2.75, 3.05) is 26.2 Å². The summed E-state index contributed by atoms with van der Waals surface area (Å²) in [5.41, 5.74) is 0.969. The van der Waals surface area contributed by atoms with Gasteiger partial charge in [0.1, 0.15) is 6.54 Å². The van der Waals surface area contributed by atoms with Crippen molar-refractivity contribution in [1.29, 1.82) is 0 Å². The van der Waals surface area contributed by atoms with Crippen molar-refractivity contribution in [2.45, 2.75) is 85.4 Å². The molecule has 4 atom stereocenters. The quantitative estimate of drug-likeness (QED) is 0.311. The molecule has 2 saturated carbocycles. The molecule has 3 aliphatic rings. The molecule has 0 unspecified atom stereocenters. The van der Waals surface area contributed by atoms with E-state index in [-0.39, 0.29) is 42.5 Å². The van der Waals surface area contributed by atoms with E-state index in [1.807, 2.05) is 6.92 Å². The Balaban J connectivity index is 1.16. The average molecular weight is 683 g/mol. The zero-order valence-electron chi connectivity index (χ0n) is 28.5. The number of halogens is 2. The zero-order valence-corrected chi connectivity index (χ0v) is 29.3. The first kappa shape index (κ1) is 35.8. The van der Waals surface area contributed by atoms with Crippen LogP contribution in [0.5, 0.6) is 0 Å². The number of rotatable bonds is 8. The molecule has 0 spiro atoms. The van der Waals surface area contributed by atoms with Crippen LogP contribution in [0, 0.1) is 28.5 Å². The minimum absolute atomic E-state index is 0.0795. The monoisotopic (exact) mass is 682 g/mol.